The van der Waals surface area contributed by atoms with Gasteiger partial charge in [-0.15, -0.1) is 0 Å². The first-order valence-corrected chi connectivity index (χ1v) is 5.24. The summed E-state index contributed by atoms with van der Waals surface area (Å²) in [7, 11) is 0. The number of alkyl halides is 3. The molecule has 8 heteroatoms. The third-order valence-corrected chi connectivity index (χ3v) is 3.15. The van der Waals surface area contributed by atoms with Crippen LogP contribution in [0.1, 0.15) is 6.42 Å². The number of aryl methyl sites for hydroxylation is 1. The van der Waals surface area contributed by atoms with Crippen LogP contribution >= 0.6 is 34.2 Å². The maximum atomic E-state index is 11.9. The highest BCUT2D eigenvalue weighted by molar-refractivity contribution is 14.1. The van der Waals surface area contributed by atoms with Crippen molar-refractivity contribution in [1.82, 2.24) is 9.55 Å². The highest BCUT2D eigenvalue weighted by atomic mass is 127. The Morgan fingerprint density at radius 3 is 2.67 bits per heavy atom. The molecule has 0 spiro atoms. The molecule has 84 valence electrons. The second-order valence-corrected chi connectivity index (χ2v) is 4.15. The molecule has 0 aliphatic rings. The van der Waals surface area contributed by atoms with Crippen LogP contribution in [0.15, 0.2) is 11.1 Å². The molecule has 0 aromatic carbocycles. The van der Waals surface area contributed by atoms with E-state index in [1.165, 1.54) is 0 Å². The molecule has 0 aliphatic carbocycles. The molecule has 0 saturated carbocycles. The molecular formula is C7H5ClF3IN2O. The van der Waals surface area contributed by atoms with Crippen molar-refractivity contribution in [2.75, 3.05) is 0 Å². The average molecular weight is 352 g/mol. The fraction of sp³-hybridized carbons (Fsp3) is 0.429. The van der Waals surface area contributed by atoms with Crippen molar-refractivity contribution < 1.29 is 13.2 Å². The van der Waals surface area contributed by atoms with Gasteiger partial charge in [-0.25, -0.2) is 4.98 Å². The van der Waals surface area contributed by atoms with Crippen molar-refractivity contribution in [3.63, 3.8) is 0 Å². The zero-order valence-corrected chi connectivity index (χ0v) is 10.1. The molecule has 0 amide bonds. The Morgan fingerprint density at radius 1 is 1.53 bits per heavy atom. The zero-order chi connectivity index (χ0) is 11.6. The molecule has 15 heavy (non-hydrogen) atoms. The minimum Gasteiger partial charge on any atom is -0.298 e. The molecule has 0 radical (unpaired) electrons. The van der Waals surface area contributed by atoms with E-state index in [0.29, 0.717) is 0 Å². The number of rotatable bonds is 2. The van der Waals surface area contributed by atoms with E-state index < -0.39 is 24.7 Å². The third-order valence-electron chi connectivity index (χ3n) is 1.58. The summed E-state index contributed by atoms with van der Waals surface area (Å²) in [4.78, 5) is 15.0. The van der Waals surface area contributed by atoms with Gasteiger partial charge in [0, 0.05) is 6.54 Å². The highest BCUT2D eigenvalue weighted by Gasteiger charge is 2.27. The Kier molecular flexibility index (Phi) is 3.99. The first kappa shape index (κ1) is 12.8. The molecule has 0 atom stereocenters. The average Bonchev–Trinajstić information content (AvgIpc) is 2.12. The van der Waals surface area contributed by atoms with Gasteiger partial charge in [0.2, 0.25) is 0 Å². The quantitative estimate of drug-likeness (QED) is 0.605. The van der Waals surface area contributed by atoms with E-state index in [0.717, 1.165) is 10.9 Å². The Hall–Kier alpha value is -0.310. The highest BCUT2D eigenvalue weighted by Crippen LogP contribution is 2.20. The molecule has 1 aromatic rings. The van der Waals surface area contributed by atoms with E-state index in [1.807, 2.05) is 0 Å². The molecular weight excluding hydrogens is 347 g/mol. The maximum Gasteiger partial charge on any atom is 0.390 e. The van der Waals surface area contributed by atoms with E-state index >= 15 is 0 Å². The SMILES string of the molecule is O=c1c(I)c(Cl)ncn1CCC(F)(F)F. The minimum atomic E-state index is -4.29. The smallest absolute Gasteiger partial charge is 0.298 e. The van der Waals surface area contributed by atoms with E-state index in [9.17, 15) is 18.0 Å². The van der Waals surface area contributed by atoms with E-state index in [2.05, 4.69) is 4.98 Å². The second-order valence-electron chi connectivity index (χ2n) is 2.71. The summed E-state index contributed by atoms with van der Waals surface area (Å²) in [6.45, 7) is -0.442. The lowest BCUT2D eigenvalue weighted by Gasteiger charge is -2.08. The summed E-state index contributed by atoms with van der Waals surface area (Å²) in [5, 5.41) is 0.00357. The fourth-order valence-corrected chi connectivity index (χ4v) is 1.42. The van der Waals surface area contributed by atoms with Gasteiger partial charge in [0.05, 0.1) is 12.7 Å². The van der Waals surface area contributed by atoms with Gasteiger partial charge < -0.3 is 0 Å². The largest absolute Gasteiger partial charge is 0.390 e. The molecule has 3 nitrogen and oxygen atoms in total. The Morgan fingerprint density at radius 2 is 2.13 bits per heavy atom. The Labute approximate surface area is 101 Å². The summed E-state index contributed by atoms with van der Waals surface area (Å²) in [5.41, 5.74) is -0.556. The number of nitrogens with zero attached hydrogens (tertiary/aromatic N) is 2. The lowest BCUT2D eigenvalue weighted by Crippen LogP contribution is -2.25. The lowest BCUT2D eigenvalue weighted by atomic mass is 10.4. The van der Waals surface area contributed by atoms with Crippen LogP contribution in [0.2, 0.25) is 5.15 Å². The van der Waals surface area contributed by atoms with Crippen LogP contribution < -0.4 is 5.56 Å². The first-order valence-electron chi connectivity index (χ1n) is 3.78. The molecule has 0 saturated heterocycles. The van der Waals surface area contributed by atoms with Crippen LogP contribution in [0.5, 0.6) is 0 Å². The molecule has 1 aromatic heterocycles. The predicted octanol–water partition coefficient (Wildman–Crippen LogP) is 2.45. The number of hydrogen-bond acceptors (Lipinski definition) is 2. The van der Waals surface area contributed by atoms with Crippen LogP contribution in [0.25, 0.3) is 0 Å². The molecule has 0 aliphatic heterocycles. The minimum absolute atomic E-state index is 0.00357. The van der Waals surface area contributed by atoms with Crippen molar-refractivity contribution in [3.05, 3.63) is 25.4 Å². The van der Waals surface area contributed by atoms with Crippen molar-refractivity contribution in [2.45, 2.75) is 19.1 Å². The normalized spacial score (nSPS) is 11.8. The molecule has 1 heterocycles. The van der Waals surface area contributed by atoms with Gasteiger partial charge in [0.25, 0.3) is 5.56 Å². The summed E-state index contributed by atoms with van der Waals surface area (Å²) < 4.78 is 36.7. The van der Waals surface area contributed by atoms with Crippen LogP contribution in [0.3, 0.4) is 0 Å². The fourth-order valence-electron chi connectivity index (χ4n) is 0.850. The van der Waals surface area contributed by atoms with Crippen LogP contribution in [-0.2, 0) is 6.54 Å². The first-order chi connectivity index (χ1) is 6.81. The van der Waals surface area contributed by atoms with Crippen LogP contribution in [0, 0.1) is 3.57 Å². The summed E-state index contributed by atoms with van der Waals surface area (Å²) >= 11 is 7.17. The van der Waals surface area contributed by atoms with Gasteiger partial charge >= 0.3 is 6.18 Å². The number of hydrogen-bond donors (Lipinski definition) is 0. The van der Waals surface area contributed by atoms with Crippen molar-refractivity contribution >= 4 is 34.2 Å². The van der Waals surface area contributed by atoms with E-state index in [1.54, 1.807) is 22.6 Å². The lowest BCUT2D eigenvalue weighted by molar-refractivity contribution is -0.136. The number of aromatic nitrogens is 2. The third kappa shape index (κ3) is 3.63. The number of halogens is 5. The molecule has 1 rings (SSSR count). The van der Waals surface area contributed by atoms with Gasteiger partial charge in [0.1, 0.15) is 8.72 Å². The topological polar surface area (TPSA) is 34.9 Å². The molecule has 0 fully saturated rings. The van der Waals surface area contributed by atoms with E-state index in [-0.39, 0.29) is 8.72 Å². The van der Waals surface area contributed by atoms with Gasteiger partial charge in [-0.3, -0.25) is 9.36 Å². The molecule has 0 unspecified atom stereocenters. The van der Waals surface area contributed by atoms with Gasteiger partial charge in [-0.2, -0.15) is 13.2 Å². The second kappa shape index (κ2) is 4.69. The summed E-state index contributed by atoms with van der Waals surface area (Å²) in [6.07, 6.45) is -4.34. The van der Waals surface area contributed by atoms with Gasteiger partial charge in [0.15, 0.2) is 0 Å². The van der Waals surface area contributed by atoms with Gasteiger partial charge in [-0.05, 0) is 22.6 Å². The molecule has 0 N–H and O–H groups in total. The summed E-state index contributed by atoms with van der Waals surface area (Å²) in [5.74, 6) is 0. The zero-order valence-electron chi connectivity index (χ0n) is 7.18. The van der Waals surface area contributed by atoms with Crippen LogP contribution in [-0.4, -0.2) is 15.7 Å². The predicted molar refractivity (Wildman–Crippen MR) is 56.9 cm³/mol. The monoisotopic (exact) mass is 352 g/mol. The Bertz CT molecular complexity index is 418. The maximum absolute atomic E-state index is 11.9. The van der Waals surface area contributed by atoms with Crippen molar-refractivity contribution in [3.8, 4) is 0 Å². The van der Waals surface area contributed by atoms with Crippen molar-refractivity contribution in [2.24, 2.45) is 0 Å². The Balaban J connectivity index is 2.89. The summed E-state index contributed by atoms with van der Waals surface area (Å²) in [6, 6.07) is 0. The van der Waals surface area contributed by atoms with Gasteiger partial charge in [-0.1, -0.05) is 11.6 Å². The van der Waals surface area contributed by atoms with Crippen molar-refractivity contribution in [1.29, 1.82) is 0 Å². The van der Waals surface area contributed by atoms with E-state index in [4.69, 9.17) is 11.6 Å². The standard InChI is InChI=1S/C7H5ClF3IN2O/c8-5-4(12)6(15)14(3-13-5)2-1-7(9,10)11/h3H,1-2H2. The van der Waals surface area contributed by atoms with Crippen LogP contribution in [0.4, 0.5) is 13.2 Å². The molecule has 0 bridgehead atoms.